The molecule has 33 heavy (non-hydrogen) atoms. The molecule has 2 aromatic heterocycles. The number of aromatic nitrogens is 4. The number of piperidine rings is 1. The van der Waals surface area contributed by atoms with E-state index < -0.39 is 0 Å². The van der Waals surface area contributed by atoms with E-state index in [4.69, 9.17) is 20.4 Å². The summed E-state index contributed by atoms with van der Waals surface area (Å²) in [5.41, 5.74) is 12.4. The lowest BCUT2D eigenvalue weighted by Crippen LogP contribution is -2.30. The molecule has 7 heteroatoms. The minimum absolute atomic E-state index is 0.511. The minimum Gasteiger partial charge on any atom is -0.476 e. The van der Waals surface area contributed by atoms with Crippen molar-refractivity contribution in [3.05, 3.63) is 72.6 Å². The summed E-state index contributed by atoms with van der Waals surface area (Å²) < 4.78 is 6.09. The van der Waals surface area contributed by atoms with Gasteiger partial charge in [0.25, 0.3) is 0 Å². The van der Waals surface area contributed by atoms with Gasteiger partial charge in [0.1, 0.15) is 5.69 Å². The van der Waals surface area contributed by atoms with Crippen LogP contribution in [0.1, 0.15) is 18.4 Å². The highest BCUT2D eigenvalue weighted by Gasteiger charge is 2.17. The van der Waals surface area contributed by atoms with Gasteiger partial charge in [0.05, 0.1) is 24.2 Å². The van der Waals surface area contributed by atoms with Crippen molar-refractivity contribution in [2.75, 3.05) is 19.7 Å². The van der Waals surface area contributed by atoms with Gasteiger partial charge < -0.3 is 15.8 Å². The number of hydrogen-bond acceptors (Lipinski definition) is 6. The summed E-state index contributed by atoms with van der Waals surface area (Å²) in [7, 11) is 0. The zero-order valence-electron chi connectivity index (χ0n) is 18.5. The van der Waals surface area contributed by atoms with Gasteiger partial charge in [0.2, 0.25) is 5.88 Å². The smallest absolute Gasteiger partial charge is 0.232 e. The van der Waals surface area contributed by atoms with E-state index in [0.717, 1.165) is 65.3 Å². The Kier molecular flexibility index (Phi) is 6.41. The van der Waals surface area contributed by atoms with Crippen molar-refractivity contribution in [1.82, 2.24) is 25.5 Å². The third-order valence-corrected chi connectivity index (χ3v) is 6.09. The number of benzene rings is 2. The van der Waals surface area contributed by atoms with Gasteiger partial charge in [-0.2, -0.15) is 5.10 Å². The fourth-order valence-corrected chi connectivity index (χ4v) is 4.13. The number of nitrogens with two attached hydrogens (primary N) is 1. The maximum Gasteiger partial charge on any atom is 0.232 e. The normalized spacial score (nSPS) is 14.3. The monoisotopic (exact) mass is 440 g/mol. The van der Waals surface area contributed by atoms with E-state index >= 15 is 0 Å². The van der Waals surface area contributed by atoms with Crippen LogP contribution in [0, 0.1) is 5.92 Å². The molecule has 3 heterocycles. The van der Waals surface area contributed by atoms with E-state index in [2.05, 4.69) is 39.8 Å². The van der Waals surface area contributed by atoms with Crippen LogP contribution in [-0.4, -0.2) is 39.9 Å². The maximum atomic E-state index is 6.09. The van der Waals surface area contributed by atoms with Crippen molar-refractivity contribution in [3.8, 4) is 39.7 Å². The summed E-state index contributed by atoms with van der Waals surface area (Å²) in [4.78, 5) is 9.66. The van der Waals surface area contributed by atoms with Gasteiger partial charge in [-0.3, -0.25) is 5.10 Å². The molecular weight excluding hydrogens is 412 g/mol. The van der Waals surface area contributed by atoms with Gasteiger partial charge >= 0.3 is 0 Å². The molecule has 0 aliphatic carbocycles. The Bertz CT molecular complexity index is 1170. The van der Waals surface area contributed by atoms with Crippen molar-refractivity contribution in [1.29, 1.82) is 0 Å². The fraction of sp³-hybridized carbons (Fsp3) is 0.269. The second-order valence-corrected chi connectivity index (χ2v) is 8.35. The molecule has 0 bridgehead atoms. The van der Waals surface area contributed by atoms with Crippen molar-refractivity contribution in [3.63, 3.8) is 0 Å². The summed E-state index contributed by atoms with van der Waals surface area (Å²) in [5.74, 6) is 1.11. The number of nitrogens with one attached hydrogen (secondary N) is 2. The molecule has 1 aliphatic heterocycles. The summed E-state index contributed by atoms with van der Waals surface area (Å²) in [6.45, 7) is 3.27. The molecule has 0 radical (unpaired) electrons. The predicted octanol–water partition coefficient (Wildman–Crippen LogP) is 4.04. The first-order valence-corrected chi connectivity index (χ1v) is 11.4. The Balaban J connectivity index is 1.47. The SMILES string of the molecule is NCc1ccc(-c2ncc(OCC3CCNCC3)nc2-c2ccc(-c3cc[nH]n3)cc2)cc1. The van der Waals surface area contributed by atoms with Crippen molar-refractivity contribution in [2.45, 2.75) is 19.4 Å². The largest absolute Gasteiger partial charge is 0.476 e. The van der Waals surface area contributed by atoms with Gasteiger partial charge in [0.15, 0.2) is 0 Å². The average Bonchev–Trinajstić information content (AvgIpc) is 3.43. The number of nitrogens with zero attached hydrogens (tertiary/aromatic N) is 3. The summed E-state index contributed by atoms with van der Waals surface area (Å²) in [6, 6.07) is 18.3. The molecule has 0 amide bonds. The lowest BCUT2D eigenvalue weighted by atomic mass is 9.99. The Morgan fingerprint density at radius 1 is 0.879 bits per heavy atom. The van der Waals surface area contributed by atoms with E-state index in [-0.39, 0.29) is 0 Å². The predicted molar refractivity (Wildman–Crippen MR) is 129 cm³/mol. The Morgan fingerprint density at radius 2 is 1.58 bits per heavy atom. The standard InChI is InChI=1S/C26H28N6O/c27-15-18-1-3-21(4-2-18)25-26(22-7-5-20(6-8-22)23-11-14-30-32-23)31-24(16-29-25)33-17-19-9-12-28-13-10-19/h1-8,11,14,16,19,28H,9-10,12-13,15,17,27H2,(H,30,32). The van der Waals surface area contributed by atoms with Crippen LogP contribution < -0.4 is 15.8 Å². The van der Waals surface area contributed by atoms with E-state index in [1.807, 2.05) is 36.5 Å². The maximum absolute atomic E-state index is 6.09. The third kappa shape index (κ3) is 4.94. The second kappa shape index (κ2) is 9.94. The van der Waals surface area contributed by atoms with E-state index in [9.17, 15) is 0 Å². The molecule has 7 nitrogen and oxygen atoms in total. The number of aromatic amines is 1. The minimum atomic E-state index is 0.511. The van der Waals surface area contributed by atoms with Gasteiger partial charge in [-0.05, 0) is 43.5 Å². The lowest BCUT2D eigenvalue weighted by molar-refractivity contribution is 0.208. The average molecular weight is 441 g/mol. The Hall–Kier alpha value is -3.55. The molecular formula is C26H28N6O. The van der Waals surface area contributed by atoms with Crippen molar-refractivity contribution in [2.24, 2.45) is 11.7 Å². The zero-order valence-corrected chi connectivity index (χ0v) is 18.5. The van der Waals surface area contributed by atoms with Crippen LogP contribution in [-0.2, 0) is 6.54 Å². The van der Waals surface area contributed by atoms with E-state index in [0.29, 0.717) is 24.9 Å². The Morgan fingerprint density at radius 3 is 2.27 bits per heavy atom. The number of ether oxygens (including phenoxy) is 1. The molecule has 1 saturated heterocycles. The van der Waals surface area contributed by atoms with E-state index in [1.165, 1.54) is 0 Å². The highest BCUT2D eigenvalue weighted by molar-refractivity contribution is 5.79. The molecule has 4 aromatic rings. The van der Waals surface area contributed by atoms with Crippen LogP contribution in [0.15, 0.2) is 67.0 Å². The van der Waals surface area contributed by atoms with Crippen LogP contribution in [0.4, 0.5) is 0 Å². The number of rotatable bonds is 7. The molecule has 0 unspecified atom stereocenters. The quantitative estimate of drug-likeness (QED) is 0.401. The number of hydrogen-bond donors (Lipinski definition) is 3. The Labute approximate surface area is 193 Å². The van der Waals surface area contributed by atoms with Crippen molar-refractivity contribution < 1.29 is 4.74 Å². The molecule has 1 aliphatic rings. The van der Waals surface area contributed by atoms with Crippen LogP contribution >= 0.6 is 0 Å². The summed E-state index contributed by atoms with van der Waals surface area (Å²) in [5, 5.41) is 10.5. The molecule has 1 fully saturated rings. The lowest BCUT2D eigenvalue weighted by Gasteiger charge is -2.22. The van der Waals surface area contributed by atoms with Gasteiger partial charge in [0, 0.05) is 29.4 Å². The third-order valence-electron chi connectivity index (χ3n) is 6.09. The molecule has 0 spiro atoms. The molecule has 0 saturated carbocycles. The summed E-state index contributed by atoms with van der Waals surface area (Å²) in [6.07, 6.45) is 5.80. The highest BCUT2D eigenvalue weighted by Crippen LogP contribution is 2.32. The van der Waals surface area contributed by atoms with Crippen LogP contribution in [0.2, 0.25) is 0 Å². The number of H-pyrrole nitrogens is 1. The van der Waals surface area contributed by atoms with Gasteiger partial charge in [-0.15, -0.1) is 0 Å². The van der Waals surface area contributed by atoms with Crippen LogP contribution in [0.25, 0.3) is 33.8 Å². The van der Waals surface area contributed by atoms with Crippen molar-refractivity contribution >= 4 is 0 Å². The molecule has 4 N–H and O–H groups in total. The molecule has 5 rings (SSSR count). The van der Waals surface area contributed by atoms with Gasteiger partial charge in [-0.1, -0.05) is 48.5 Å². The molecule has 2 aromatic carbocycles. The molecule has 0 atom stereocenters. The first kappa shape index (κ1) is 21.3. The topological polar surface area (TPSA) is 102 Å². The summed E-state index contributed by atoms with van der Waals surface area (Å²) >= 11 is 0. The first-order valence-electron chi connectivity index (χ1n) is 11.4. The zero-order chi connectivity index (χ0) is 22.5. The fourth-order valence-electron chi connectivity index (χ4n) is 4.13. The second-order valence-electron chi connectivity index (χ2n) is 8.35. The highest BCUT2D eigenvalue weighted by atomic mass is 16.5. The van der Waals surface area contributed by atoms with E-state index in [1.54, 1.807) is 6.20 Å². The van der Waals surface area contributed by atoms with Gasteiger partial charge in [-0.25, -0.2) is 9.97 Å². The van der Waals surface area contributed by atoms with Crippen LogP contribution in [0.5, 0.6) is 5.88 Å². The first-order chi connectivity index (χ1) is 16.3. The molecule has 168 valence electrons. The van der Waals surface area contributed by atoms with Crippen LogP contribution in [0.3, 0.4) is 0 Å².